The average molecular weight is 698 g/mol. The van der Waals surface area contributed by atoms with Crippen molar-refractivity contribution in [2.75, 3.05) is 13.1 Å². The van der Waals surface area contributed by atoms with Crippen molar-refractivity contribution in [3.8, 4) is 0 Å². The fraction of sp³-hybridized carbons (Fsp3) is 0.853. The Morgan fingerprint density at radius 3 is 2.29 bits per heavy atom. The van der Waals surface area contributed by atoms with Gasteiger partial charge in [-0.3, -0.25) is 0 Å². The summed E-state index contributed by atoms with van der Waals surface area (Å²) >= 11 is 0. The number of alkyl carbamates (subject to hydrolysis) is 1. The molecule has 1 aromatic heterocycles. The zero-order valence-corrected chi connectivity index (χ0v) is 31.0. The number of ether oxygens (including phenoxy) is 1. The first kappa shape index (κ1) is 38.4. The lowest BCUT2D eigenvalue weighted by Crippen LogP contribution is -2.51. The monoisotopic (exact) mass is 697 g/mol. The number of unbranched alkanes of at least 4 members (excludes halogenated alkanes) is 3. The molecular weight excluding hydrogens is 638 g/mol. The maximum Gasteiger partial charge on any atom is 0.437 e. The highest BCUT2D eigenvalue weighted by atomic mass is 32.3. The highest BCUT2D eigenvalue weighted by Crippen LogP contribution is 2.42. The highest BCUT2D eigenvalue weighted by molar-refractivity contribution is 7.81. The fourth-order valence-electron chi connectivity index (χ4n) is 7.24. The van der Waals surface area contributed by atoms with Crippen LogP contribution in [0, 0.1) is 0 Å². The van der Waals surface area contributed by atoms with Crippen LogP contribution in [0.4, 0.5) is 9.59 Å². The number of urea groups is 1. The molecule has 3 aliphatic rings. The first-order chi connectivity index (χ1) is 22.7. The van der Waals surface area contributed by atoms with Crippen LogP contribution in [-0.4, -0.2) is 77.0 Å². The minimum atomic E-state index is -4.60. The van der Waals surface area contributed by atoms with Crippen molar-refractivity contribution in [3.05, 3.63) is 17.5 Å². The third-order valence-corrected chi connectivity index (χ3v) is 10.5. The quantitative estimate of drug-likeness (QED) is 0.144. The second-order valence-electron chi connectivity index (χ2n) is 14.9. The number of carbonyl (C=O) groups is 2. The number of nitrogens with one attached hydrogen (secondary N) is 1. The molecule has 3 fully saturated rings. The summed E-state index contributed by atoms with van der Waals surface area (Å²) in [4.78, 5) is 27.3. The van der Waals surface area contributed by atoms with E-state index in [1.807, 2.05) is 26.8 Å². The van der Waals surface area contributed by atoms with Gasteiger partial charge in [-0.05, 0) is 72.1 Å². The Morgan fingerprint density at radius 1 is 1.02 bits per heavy atom. The van der Waals surface area contributed by atoms with E-state index in [-0.39, 0.29) is 18.0 Å². The molecule has 1 aromatic rings. The highest BCUT2D eigenvalue weighted by Gasteiger charge is 2.50. The molecule has 2 bridgehead atoms. The van der Waals surface area contributed by atoms with Crippen molar-refractivity contribution >= 4 is 22.5 Å². The van der Waals surface area contributed by atoms with Gasteiger partial charge < -0.3 is 19.5 Å². The molecule has 0 aromatic carbocycles. The lowest BCUT2D eigenvalue weighted by molar-refractivity contribution is -0.172. The van der Waals surface area contributed by atoms with Gasteiger partial charge >= 0.3 is 22.5 Å². The Bertz CT molecular complexity index is 1300. The maximum absolute atomic E-state index is 13.6. The van der Waals surface area contributed by atoms with Crippen LogP contribution in [-0.2, 0) is 23.7 Å². The van der Waals surface area contributed by atoms with Gasteiger partial charge in [-0.15, -0.1) is 4.28 Å². The Kier molecular flexibility index (Phi) is 13.2. The average Bonchev–Trinajstić information content (AvgIpc) is 3.57. The van der Waals surface area contributed by atoms with Crippen LogP contribution >= 0.6 is 0 Å². The lowest BCUT2D eigenvalue weighted by atomic mass is 9.78. The first-order valence-corrected chi connectivity index (χ1v) is 19.6. The molecule has 1 N–H and O–H groups in total. The summed E-state index contributed by atoms with van der Waals surface area (Å²) < 4.78 is 49.5. The van der Waals surface area contributed by atoms with Gasteiger partial charge in [0.15, 0.2) is 0 Å². The van der Waals surface area contributed by atoms with Crippen molar-refractivity contribution in [1.82, 2.24) is 25.5 Å². The van der Waals surface area contributed by atoms with E-state index in [0.29, 0.717) is 50.2 Å². The molecule has 3 amide bonds. The molecule has 2 saturated heterocycles. The van der Waals surface area contributed by atoms with Gasteiger partial charge in [-0.25, -0.2) is 9.59 Å². The summed E-state index contributed by atoms with van der Waals surface area (Å²) in [5, 5.41) is 9.84. The van der Waals surface area contributed by atoms with Crippen LogP contribution in [0.5, 0.6) is 0 Å². The van der Waals surface area contributed by atoms with Crippen LogP contribution in [0.25, 0.3) is 0 Å². The van der Waals surface area contributed by atoms with Crippen LogP contribution < -0.4 is 5.32 Å². The normalized spacial score (nSPS) is 23.1. The van der Waals surface area contributed by atoms with Crippen molar-refractivity contribution in [2.45, 2.75) is 174 Å². The first-order valence-electron chi connectivity index (χ1n) is 18.2. The summed E-state index contributed by atoms with van der Waals surface area (Å²) in [7, 11) is -4.60. The van der Waals surface area contributed by atoms with E-state index in [1.54, 1.807) is 9.96 Å². The SMILES string of the molecule is CCCCN(OS(=O)(=O)ON1C(=O)N2C[C@@H]1CC[C@H]2c1cc(C2CC(NC(=O)OC(C)(C)C)C2)on1)C(CCC)(CCCC)CCCC. The van der Waals surface area contributed by atoms with E-state index < -0.39 is 39.7 Å². The Balaban J connectivity index is 1.40. The molecule has 0 radical (unpaired) electrons. The molecule has 4 rings (SSSR count). The van der Waals surface area contributed by atoms with Gasteiger partial charge in [0.25, 0.3) is 0 Å². The van der Waals surface area contributed by atoms with Crippen molar-refractivity contribution in [3.63, 3.8) is 0 Å². The molecule has 0 spiro atoms. The molecule has 48 heavy (non-hydrogen) atoms. The van der Waals surface area contributed by atoms with Gasteiger partial charge in [-0.2, -0.15) is 22.8 Å². The van der Waals surface area contributed by atoms with Gasteiger partial charge in [0, 0.05) is 36.7 Å². The molecule has 274 valence electrons. The van der Waals surface area contributed by atoms with E-state index in [1.165, 1.54) is 0 Å². The summed E-state index contributed by atoms with van der Waals surface area (Å²) in [5.41, 5.74) is -0.360. The number of piperidine rings is 1. The number of nitrogens with zero attached hydrogens (tertiary/aromatic N) is 4. The molecule has 1 aliphatic carbocycles. The topological polar surface area (TPSA) is 144 Å². The number of hydroxylamine groups is 4. The van der Waals surface area contributed by atoms with Crippen LogP contribution in [0.1, 0.15) is 162 Å². The van der Waals surface area contributed by atoms with E-state index in [2.05, 4.69) is 38.2 Å². The van der Waals surface area contributed by atoms with Crippen molar-refractivity contribution in [1.29, 1.82) is 0 Å². The van der Waals surface area contributed by atoms with Gasteiger partial charge in [0.2, 0.25) is 0 Å². The molecule has 2 atom stereocenters. The Labute approximate surface area is 287 Å². The van der Waals surface area contributed by atoms with Crippen LogP contribution in [0.3, 0.4) is 0 Å². The number of hydrogen-bond acceptors (Lipinski definition) is 10. The lowest BCUT2D eigenvalue weighted by Gasteiger charge is -2.43. The van der Waals surface area contributed by atoms with E-state index in [9.17, 15) is 18.0 Å². The zero-order chi connectivity index (χ0) is 35.1. The molecule has 0 unspecified atom stereocenters. The zero-order valence-electron chi connectivity index (χ0n) is 30.2. The second kappa shape index (κ2) is 16.5. The predicted molar refractivity (Wildman–Crippen MR) is 181 cm³/mol. The minimum absolute atomic E-state index is 0.00723. The number of carbonyl (C=O) groups excluding carboxylic acids is 2. The Morgan fingerprint density at radius 2 is 1.69 bits per heavy atom. The summed E-state index contributed by atoms with van der Waals surface area (Å²) in [6, 6.07) is 0.560. The fourth-order valence-corrected chi connectivity index (χ4v) is 8.10. The Hall–Kier alpha value is -2.42. The van der Waals surface area contributed by atoms with Gasteiger partial charge in [0.05, 0.1) is 12.1 Å². The van der Waals surface area contributed by atoms with Crippen molar-refractivity contribution in [2.24, 2.45) is 0 Å². The number of fused-ring (bicyclic) bond motifs is 2. The smallest absolute Gasteiger partial charge is 0.437 e. The third kappa shape index (κ3) is 9.63. The number of hydrogen-bond donors (Lipinski definition) is 1. The van der Waals surface area contributed by atoms with E-state index in [4.69, 9.17) is 17.8 Å². The number of aromatic nitrogens is 1. The molecule has 1 saturated carbocycles. The molecule has 2 aliphatic heterocycles. The summed E-state index contributed by atoms with van der Waals surface area (Å²) in [6.07, 6.45) is 11.1. The van der Waals surface area contributed by atoms with Gasteiger partial charge in [-0.1, -0.05) is 71.4 Å². The molecule has 3 heterocycles. The summed E-state index contributed by atoms with van der Waals surface area (Å²) in [6.45, 7) is 14.7. The van der Waals surface area contributed by atoms with E-state index >= 15 is 0 Å². The van der Waals surface area contributed by atoms with E-state index in [0.717, 1.165) is 69.3 Å². The summed E-state index contributed by atoms with van der Waals surface area (Å²) in [5.74, 6) is 0.808. The predicted octanol–water partition coefficient (Wildman–Crippen LogP) is 7.52. The molecular formula is C34H59N5O8S. The standard InChI is InChI=1S/C34H59N5O8S/c1-8-12-18-34(17-11-4,19-13-9-2)38(20-14-10-3)46-48(42,43)47-39-27-15-16-29(37(24-27)32(39)41)28-23-30(45-36-28)25-21-26(22-25)35-31(40)44-33(5,6)7/h23,25-27,29H,8-22,24H2,1-7H3,(H,35,40)/t25?,26?,27-,29-/m0/s1. The number of amides is 3. The number of rotatable bonds is 19. The van der Waals surface area contributed by atoms with Gasteiger partial charge in [0.1, 0.15) is 17.1 Å². The molecule has 14 heteroatoms. The maximum atomic E-state index is 13.6. The minimum Gasteiger partial charge on any atom is -0.444 e. The van der Waals surface area contributed by atoms with Crippen LogP contribution in [0.15, 0.2) is 10.6 Å². The molecule has 13 nitrogen and oxygen atoms in total. The van der Waals surface area contributed by atoms with Crippen LogP contribution in [0.2, 0.25) is 0 Å². The second-order valence-corrected chi connectivity index (χ2v) is 16.0. The largest absolute Gasteiger partial charge is 0.444 e. The third-order valence-electron chi connectivity index (χ3n) is 9.78. The van der Waals surface area contributed by atoms with Crippen molar-refractivity contribution < 1.29 is 35.8 Å².